The van der Waals surface area contributed by atoms with Crippen LogP contribution >= 0.6 is 0 Å². The average Bonchev–Trinajstić information content (AvgIpc) is 2.27. The largest absolute Gasteiger partial charge is 0.338 e. The Morgan fingerprint density at radius 2 is 2.07 bits per heavy atom. The number of rotatable bonds is 4. The fourth-order valence-corrected chi connectivity index (χ4v) is 2.04. The predicted molar refractivity (Wildman–Crippen MR) is 61.9 cm³/mol. The van der Waals surface area contributed by atoms with Gasteiger partial charge in [-0.25, -0.2) is 4.79 Å². The summed E-state index contributed by atoms with van der Waals surface area (Å²) in [4.78, 5) is 13.5. The van der Waals surface area contributed by atoms with Crippen molar-refractivity contribution in [3.05, 3.63) is 0 Å². The Morgan fingerprint density at radius 1 is 1.40 bits per heavy atom. The molecule has 0 aromatic carbocycles. The molecule has 88 valence electrons. The molecule has 1 heterocycles. The molecule has 4 heteroatoms. The lowest BCUT2D eigenvalue weighted by atomic mass is 9.94. The highest BCUT2D eigenvalue weighted by Gasteiger charge is 2.21. The molecule has 0 aromatic rings. The third kappa shape index (κ3) is 4.08. The van der Waals surface area contributed by atoms with Crippen LogP contribution in [0.3, 0.4) is 0 Å². The molecule has 2 N–H and O–H groups in total. The van der Waals surface area contributed by atoms with Crippen LogP contribution < -0.4 is 10.6 Å². The van der Waals surface area contributed by atoms with Crippen molar-refractivity contribution in [1.29, 1.82) is 0 Å². The van der Waals surface area contributed by atoms with Crippen LogP contribution in [-0.4, -0.2) is 44.2 Å². The minimum absolute atomic E-state index is 0.101. The van der Waals surface area contributed by atoms with Gasteiger partial charge in [0.05, 0.1) is 0 Å². The second-order valence-corrected chi connectivity index (χ2v) is 4.16. The second-order valence-electron chi connectivity index (χ2n) is 4.16. The van der Waals surface area contributed by atoms with Crippen LogP contribution in [0.15, 0.2) is 0 Å². The molecule has 1 fully saturated rings. The standard InChI is InChI=1S/C11H23N3O/c1-3-13-11(15)14-8-5-10(6-9-14)4-7-12-2/h10,12H,3-9H2,1-2H3,(H,13,15). The zero-order valence-electron chi connectivity index (χ0n) is 9.88. The van der Waals surface area contributed by atoms with Crippen LogP contribution in [0, 0.1) is 5.92 Å². The number of hydrogen-bond donors (Lipinski definition) is 2. The van der Waals surface area contributed by atoms with E-state index >= 15 is 0 Å². The van der Waals surface area contributed by atoms with E-state index < -0.39 is 0 Å². The first-order valence-electron chi connectivity index (χ1n) is 5.95. The van der Waals surface area contributed by atoms with Gasteiger partial charge in [-0.05, 0) is 45.7 Å². The lowest BCUT2D eigenvalue weighted by Gasteiger charge is -2.31. The van der Waals surface area contributed by atoms with Gasteiger partial charge in [0.1, 0.15) is 0 Å². The number of nitrogens with one attached hydrogen (secondary N) is 2. The van der Waals surface area contributed by atoms with Gasteiger partial charge in [0.2, 0.25) is 0 Å². The van der Waals surface area contributed by atoms with Crippen molar-refractivity contribution in [3.63, 3.8) is 0 Å². The van der Waals surface area contributed by atoms with Crippen molar-refractivity contribution in [2.75, 3.05) is 33.2 Å². The van der Waals surface area contributed by atoms with Crippen LogP contribution in [0.4, 0.5) is 4.79 Å². The van der Waals surface area contributed by atoms with Crippen LogP contribution in [0.1, 0.15) is 26.2 Å². The summed E-state index contributed by atoms with van der Waals surface area (Å²) in [5.74, 6) is 0.795. The Hall–Kier alpha value is -0.770. The summed E-state index contributed by atoms with van der Waals surface area (Å²) < 4.78 is 0. The third-order valence-corrected chi connectivity index (χ3v) is 3.03. The Bertz CT molecular complexity index is 188. The third-order valence-electron chi connectivity index (χ3n) is 3.03. The van der Waals surface area contributed by atoms with E-state index in [9.17, 15) is 4.79 Å². The van der Waals surface area contributed by atoms with Crippen LogP contribution in [-0.2, 0) is 0 Å². The van der Waals surface area contributed by atoms with E-state index in [1.165, 1.54) is 6.42 Å². The van der Waals surface area contributed by atoms with Crippen LogP contribution in [0.5, 0.6) is 0 Å². The topological polar surface area (TPSA) is 44.4 Å². The van der Waals surface area contributed by atoms with E-state index in [2.05, 4.69) is 10.6 Å². The molecule has 1 saturated heterocycles. The predicted octanol–water partition coefficient (Wildman–Crippen LogP) is 1.04. The Morgan fingerprint density at radius 3 is 2.60 bits per heavy atom. The Balaban J connectivity index is 2.20. The fourth-order valence-electron chi connectivity index (χ4n) is 2.04. The number of hydrogen-bond acceptors (Lipinski definition) is 2. The van der Waals surface area contributed by atoms with Gasteiger partial charge in [0, 0.05) is 19.6 Å². The molecular formula is C11H23N3O. The average molecular weight is 213 g/mol. The van der Waals surface area contributed by atoms with Gasteiger partial charge >= 0.3 is 6.03 Å². The van der Waals surface area contributed by atoms with E-state index in [4.69, 9.17) is 0 Å². The molecule has 0 aromatic heterocycles. The van der Waals surface area contributed by atoms with Gasteiger partial charge < -0.3 is 15.5 Å². The number of carbonyl (C=O) groups is 1. The first kappa shape index (κ1) is 12.3. The quantitative estimate of drug-likeness (QED) is 0.733. The fraction of sp³-hybridized carbons (Fsp3) is 0.909. The molecule has 0 aliphatic carbocycles. The Labute approximate surface area is 92.4 Å². The van der Waals surface area contributed by atoms with Crippen molar-refractivity contribution >= 4 is 6.03 Å². The molecule has 15 heavy (non-hydrogen) atoms. The number of likely N-dealkylation sites (tertiary alicyclic amines) is 1. The lowest BCUT2D eigenvalue weighted by molar-refractivity contribution is 0.168. The number of carbonyl (C=O) groups excluding carboxylic acids is 1. The maximum atomic E-state index is 11.5. The minimum Gasteiger partial charge on any atom is -0.338 e. The van der Waals surface area contributed by atoms with Crippen molar-refractivity contribution in [3.8, 4) is 0 Å². The van der Waals surface area contributed by atoms with Gasteiger partial charge in [-0.15, -0.1) is 0 Å². The Kier molecular flexibility index (Phi) is 5.47. The van der Waals surface area contributed by atoms with E-state index in [1.54, 1.807) is 0 Å². The summed E-state index contributed by atoms with van der Waals surface area (Å²) in [5.41, 5.74) is 0. The molecule has 0 bridgehead atoms. The zero-order valence-corrected chi connectivity index (χ0v) is 9.88. The molecule has 4 nitrogen and oxygen atoms in total. The molecule has 0 radical (unpaired) electrons. The van der Waals surface area contributed by atoms with Gasteiger partial charge in [-0.1, -0.05) is 0 Å². The number of piperidine rings is 1. The summed E-state index contributed by atoms with van der Waals surface area (Å²) >= 11 is 0. The summed E-state index contributed by atoms with van der Waals surface area (Å²) in [6.07, 6.45) is 3.54. The van der Waals surface area contributed by atoms with Crippen LogP contribution in [0.25, 0.3) is 0 Å². The van der Waals surface area contributed by atoms with Crippen molar-refractivity contribution in [1.82, 2.24) is 15.5 Å². The van der Waals surface area contributed by atoms with Gasteiger partial charge in [-0.3, -0.25) is 0 Å². The van der Waals surface area contributed by atoms with Crippen molar-refractivity contribution in [2.24, 2.45) is 5.92 Å². The normalized spacial score (nSPS) is 17.9. The summed E-state index contributed by atoms with van der Waals surface area (Å²) in [5, 5.41) is 6.02. The van der Waals surface area contributed by atoms with E-state index in [-0.39, 0.29) is 6.03 Å². The highest BCUT2D eigenvalue weighted by Crippen LogP contribution is 2.19. The monoisotopic (exact) mass is 213 g/mol. The van der Waals surface area contributed by atoms with Crippen LogP contribution in [0.2, 0.25) is 0 Å². The second kappa shape index (κ2) is 6.67. The number of urea groups is 1. The number of nitrogens with zero attached hydrogens (tertiary/aromatic N) is 1. The molecule has 0 saturated carbocycles. The first-order chi connectivity index (χ1) is 7.27. The summed E-state index contributed by atoms with van der Waals surface area (Å²) in [6, 6.07) is 0.101. The number of amides is 2. The molecule has 0 spiro atoms. The smallest absolute Gasteiger partial charge is 0.317 e. The van der Waals surface area contributed by atoms with Gasteiger partial charge in [0.15, 0.2) is 0 Å². The molecule has 1 rings (SSSR count). The van der Waals surface area contributed by atoms with Crippen molar-refractivity contribution in [2.45, 2.75) is 26.2 Å². The highest BCUT2D eigenvalue weighted by molar-refractivity contribution is 5.74. The van der Waals surface area contributed by atoms with Gasteiger partial charge in [0.25, 0.3) is 0 Å². The highest BCUT2D eigenvalue weighted by atomic mass is 16.2. The molecular weight excluding hydrogens is 190 g/mol. The molecule has 0 unspecified atom stereocenters. The lowest BCUT2D eigenvalue weighted by Crippen LogP contribution is -2.44. The molecule has 0 atom stereocenters. The summed E-state index contributed by atoms with van der Waals surface area (Å²) in [7, 11) is 1.99. The van der Waals surface area contributed by atoms with Gasteiger partial charge in [-0.2, -0.15) is 0 Å². The maximum absolute atomic E-state index is 11.5. The molecule has 1 aliphatic heterocycles. The molecule has 2 amide bonds. The van der Waals surface area contributed by atoms with E-state index in [0.717, 1.165) is 44.9 Å². The first-order valence-corrected chi connectivity index (χ1v) is 5.95. The maximum Gasteiger partial charge on any atom is 0.317 e. The van der Waals surface area contributed by atoms with E-state index in [1.807, 2.05) is 18.9 Å². The van der Waals surface area contributed by atoms with E-state index in [0.29, 0.717) is 0 Å². The SMILES string of the molecule is CCNC(=O)N1CCC(CCNC)CC1. The zero-order chi connectivity index (χ0) is 11.1. The summed E-state index contributed by atoms with van der Waals surface area (Å²) in [6.45, 7) is 5.60. The minimum atomic E-state index is 0.101. The molecule has 1 aliphatic rings. The van der Waals surface area contributed by atoms with Crippen molar-refractivity contribution < 1.29 is 4.79 Å².